The highest BCUT2D eigenvalue weighted by Crippen LogP contribution is 2.31. The van der Waals surface area contributed by atoms with Gasteiger partial charge in [0, 0.05) is 5.02 Å². The lowest BCUT2D eigenvalue weighted by molar-refractivity contribution is -0.00112. The molecule has 0 N–H and O–H groups in total. The summed E-state index contributed by atoms with van der Waals surface area (Å²) in [5.74, 6) is -0.257. The molecule has 4 aromatic rings. The van der Waals surface area contributed by atoms with Crippen LogP contribution < -0.4 is 0 Å². The molecule has 0 spiro atoms. The van der Waals surface area contributed by atoms with Gasteiger partial charge in [-0.2, -0.15) is 4.98 Å². The minimum absolute atomic E-state index is 0.0241. The van der Waals surface area contributed by atoms with Gasteiger partial charge in [0.05, 0.1) is 24.4 Å². The monoisotopic (exact) mass is 411 g/mol. The van der Waals surface area contributed by atoms with Gasteiger partial charge in [0.15, 0.2) is 5.69 Å². The minimum atomic E-state index is -0.501. The zero-order valence-electron chi connectivity index (χ0n) is 15.3. The average Bonchev–Trinajstić information content (AvgIpc) is 3.36. The Morgan fingerprint density at radius 2 is 2.00 bits per heavy atom. The van der Waals surface area contributed by atoms with Crippen LogP contribution in [0.25, 0.3) is 23.0 Å². The Labute approximate surface area is 170 Å². The lowest BCUT2D eigenvalue weighted by Crippen LogP contribution is -2.22. The van der Waals surface area contributed by atoms with Crippen molar-refractivity contribution in [1.29, 1.82) is 0 Å². The number of nitrogens with zero attached hydrogens (tertiary/aromatic N) is 5. The van der Waals surface area contributed by atoms with Crippen LogP contribution in [0.15, 0.2) is 47.0 Å². The Balaban J connectivity index is 1.43. The maximum absolute atomic E-state index is 14.1. The molecule has 5 rings (SSSR count). The van der Waals surface area contributed by atoms with Crippen molar-refractivity contribution in [2.24, 2.45) is 0 Å². The van der Waals surface area contributed by atoms with Crippen LogP contribution in [0.3, 0.4) is 0 Å². The van der Waals surface area contributed by atoms with Crippen LogP contribution in [0.2, 0.25) is 5.02 Å². The molecule has 0 bridgehead atoms. The molecule has 0 aliphatic carbocycles. The predicted molar refractivity (Wildman–Crippen MR) is 102 cm³/mol. The molecule has 2 aromatic heterocycles. The van der Waals surface area contributed by atoms with Crippen molar-refractivity contribution in [3.8, 4) is 23.0 Å². The Bertz CT molecular complexity index is 1190. The van der Waals surface area contributed by atoms with E-state index in [0.29, 0.717) is 23.9 Å². The van der Waals surface area contributed by atoms with Crippen LogP contribution in [0, 0.1) is 12.7 Å². The largest absolute Gasteiger partial charge is 0.365 e. The van der Waals surface area contributed by atoms with E-state index < -0.39 is 5.82 Å². The van der Waals surface area contributed by atoms with E-state index in [9.17, 15) is 4.39 Å². The van der Waals surface area contributed by atoms with Crippen molar-refractivity contribution in [1.82, 2.24) is 25.1 Å². The summed E-state index contributed by atoms with van der Waals surface area (Å²) in [6.07, 6.45) is -0.112. The van der Waals surface area contributed by atoms with Crippen molar-refractivity contribution in [2.45, 2.75) is 26.2 Å². The smallest absolute Gasteiger partial charge is 0.261 e. The van der Waals surface area contributed by atoms with Crippen molar-refractivity contribution in [2.75, 3.05) is 0 Å². The van der Waals surface area contributed by atoms with Gasteiger partial charge in [0.1, 0.15) is 11.9 Å². The lowest BCUT2D eigenvalue weighted by atomic mass is 10.1. The van der Waals surface area contributed by atoms with E-state index in [-0.39, 0.29) is 23.4 Å². The Hall–Kier alpha value is -3.10. The van der Waals surface area contributed by atoms with E-state index in [1.807, 2.05) is 19.1 Å². The number of halogens is 2. The second kappa shape index (κ2) is 7.06. The van der Waals surface area contributed by atoms with Gasteiger partial charge in [-0.3, -0.25) is 0 Å². The summed E-state index contributed by atoms with van der Waals surface area (Å²) < 4.78 is 27.1. The van der Waals surface area contributed by atoms with Crippen LogP contribution >= 0.6 is 11.6 Å². The third-order valence-corrected chi connectivity index (χ3v) is 5.08. The third kappa shape index (κ3) is 3.30. The molecular weight excluding hydrogens is 397 g/mol. The highest BCUT2D eigenvalue weighted by molar-refractivity contribution is 6.30. The Morgan fingerprint density at radius 1 is 1.17 bits per heavy atom. The SMILES string of the molecule is Cc1ccc([C@@H]2Cn3nnc(-c4noc(-c5cc(Cl)ccc5F)n4)c3CO2)cc1. The number of aromatic nitrogens is 5. The van der Waals surface area contributed by atoms with E-state index >= 15 is 0 Å². The average molecular weight is 412 g/mol. The quantitative estimate of drug-likeness (QED) is 0.498. The minimum Gasteiger partial charge on any atom is -0.365 e. The summed E-state index contributed by atoms with van der Waals surface area (Å²) in [4.78, 5) is 4.27. The molecule has 2 aromatic carbocycles. The van der Waals surface area contributed by atoms with E-state index in [2.05, 4.69) is 32.6 Å². The number of hydrogen-bond donors (Lipinski definition) is 0. The van der Waals surface area contributed by atoms with Crippen LogP contribution in [-0.2, 0) is 17.9 Å². The molecular formula is C20H15ClFN5O2. The molecule has 0 radical (unpaired) electrons. The summed E-state index contributed by atoms with van der Waals surface area (Å²) in [5, 5.41) is 12.7. The fourth-order valence-corrected chi connectivity index (χ4v) is 3.43. The number of aryl methyl sites for hydroxylation is 1. The lowest BCUT2D eigenvalue weighted by Gasteiger charge is -2.24. The molecule has 0 saturated heterocycles. The van der Waals surface area contributed by atoms with E-state index in [0.717, 1.165) is 11.3 Å². The zero-order valence-corrected chi connectivity index (χ0v) is 16.1. The van der Waals surface area contributed by atoms with Gasteiger partial charge in [0.25, 0.3) is 5.89 Å². The molecule has 3 heterocycles. The number of hydrogen-bond acceptors (Lipinski definition) is 6. The maximum Gasteiger partial charge on any atom is 0.261 e. The third-order valence-electron chi connectivity index (χ3n) is 4.84. The molecule has 1 atom stereocenters. The first-order chi connectivity index (χ1) is 14.1. The molecule has 146 valence electrons. The van der Waals surface area contributed by atoms with Crippen LogP contribution in [-0.4, -0.2) is 25.1 Å². The molecule has 0 fully saturated rings. The van der Waals surface area contributed by atoms with Gasteiger partial charge in [-0.05, 0) is 30.7 Å². The summed E-state index contributed by atoms with van der Waals surface area (Å²) >= 11 is 5.94. The predicted octanol–water partition coefficient (Wildman–Crippen LogP) is 4.37. The van der Waals surface area contributed by atoms with Crippen LogP contribution in [0.4, 0.5) is 4.39 Å². The number of fused-ring (bicyclic) bond motifs is 1. The normalized spacial score (nSPS) is 16.0. The van der Waals surface area contributed by atoms with E-state index in [4.69, 9.17) is 20.9 Å². The fourth-order valence-electron chi connectivity index (χ4n) is 3.26. The van der Waals surface area contributed by atoms with Gasteiger partial charge < -0.3 is 9.26 Å². The first kappa shape index (κ1) is 18.0. The molecule has 1 aliphatic heterocycles. The molecule has 0 unspecified atom stereocenters. The molecule has 1 aliphatic rings. The fraction of sp³-hybridized carbons (Fsp3) is 0.200. The molecule has 0 saturated carbocycles. The van der Waals surface area contributed by atoms with Gasteiger partial charge in [-0.25, -0.2) is 9.07 Å². The van der Waals surface area contributed by atoms with Gasteiger partial charge in [-0.1, -0.05) is 51.8 Å². The standard InChI is InChI=1S/C20H15ClFN5O2/c1-11-2-4-12(5-3-11)17-9-27-16(10-28-17)18(24-26-27)19-23-20(29-25-19)14-8-13(21)6-7-15(14)22/h2-8,17H,9-10H2,1H3/t17-/m0/s1. The molecule has 9 heteroatoms. The summed E-state index contributed by atoms with van der Waals surface area (Å²) in [6.45, 7) is 2.87. The molecule has 0 amide bonds. The highest BCUT2D eigenvalue weighted by atomic mass is 35.5. The van der Waals surface area contributed by atoms with E-state index in [1.54, 1.807) is 4.68 Å². The van der Waals surface area contributed by atoms with Crippen molar-refractivity contribution in [3.63, 3.8) is 0 Å². The summed E-state index contributed by atoms with van der Waals surface area (Å²) in [7, 11) is 0. The second-order valence-electron chi connectivity index (χ2n) is 6.82. The summed E-state index contributed by atoms with van der Waals surface area (Å²) in [5.41, 5.74) is 3.60. The van der Waals surface area contributed by atoms with Crippen molar-refractivity contribution < 1.29 is 13.7 Å². The van der Waals surface area contributed by atoms with E-state index in [1.165, 1.54) is 23.8 Å². The van der Waals surface area contributed by atoms with Crippen LogP contribution in [0.5, 0.6) is 0 Å². The number of ether oxygens (including phenoxy) is 1. The zero-order chi connectivity index (χ0) is 20.0. The Morgan fingerprint density at radius 3 is 2.83 bits per heavy atom. The highest BCUT2D eigenvalue weighted by Gasteiger charge is 2.28. The molecule has 7 nitrogen and oxygen atoms in total. The number of rotatable bonds is 3. The molecule has 29 heavy (non-hydrogen) atoms. The van der Waals surface area contributed by atoms with Gasteiger partial charge >= 0.3 is 0 Å². The number of benzene rings is 2. The first-order valence-electron chi connectivity index (χ1n) is 8.98. The van der Waals surface area contributed by atoms with Crippen LogP contribution in [0.1, 0.15) is 22.9 Å². The Kier molecular flexibility index (Phi) is 4.37. The van der Waals surface area contributed by atoms with Crippen molar-refractivity contribution in [3.05, 3.63) is 70.1 Å². The maximum atomic E-state index is 14.1. The van der Waals surface area contributed by atoms with Crippen molar-refractivity contribution >= 4 is 11.6 Å². The van der Waals surface area contributed by atoms with Gasteiger partial charge in [0.2, 0.25) is 5.82 Å². The summed E-state index contributed by atoms with van der Waals surface area (Å²) in [6, 6.07) is 12.3. The second-order valence-corrected chi connectivity index (χ2v) is 7.26. The first-order valence-corrected chi connectivity index (χ1v) is 9.36. The van der Waals surface area contributed by atoms with Gasteiger partial charge in [-0.15, -0.1) is 5.10 Å². The topological polar surface area (TPSA) is 78.9 Å².